The second-order valence-electron chi connectivity index (χ2n) is 3.42. The third-order valence-electron chi connectivity index (χ3n) is 2.90. The summed E-state index contributed by atoms with van der Waals surface area (Å²) >= 11 is 0. The summed E-state index contributed by atoms with van der Waals surface area (Å²) in [7, 11) is 0. The first-order valence-corrected chi connectivity index (χ1v) is 4.23. The molecule has 0 spiro atoms. The maximum atomic E-state index is 12.3. The third-order valence-corrected chi connectivity index (χ3v) is 2.90. The van der Waals surface area contributed by atoms with Crippen LogP contribution in [-0.2, 0) is 0 Å². The largest absolute Gasteiger partial charge is 0.295 e. The Kier molecular flexibility index (Phi) is 1.65. The van der Waals surface area contributed by atoms with Gasteiger partial charge in [-0.2, -0.15) is 0 Å². The molecule has 0 amide bonds. The molecular formula is C8H14FN. The van der Waals surface area contributed by atoms with Crippen LogP contribution in [0.1, 0.15) is 25.7 Å². The van der Waals surface area contributed by atoms with E-state index in [1.807, 2.05) is 0 Å². The van der Waals surface area contributed by atoms with Gasteiger partial charge in [-0.3, -0.25) is 4.90 Å². The van der Waals surface area contributed by atoms with Crippen LogP contribution in [0, 0.1) is 0 Å². The normalized spacial score (nSPS) is 40.5. The lowest BCUT2D eigenvalue weighted by Gasteiger charge is -2.20. The van der Waals surface area contributed by atoms with Crippen LogP contribution in [0.3, 0.4) is 0 Å². The van der Waals surface area contributed by atoms with Gasteiger partial charge in [-0.25, -0.2) is 4.39 Å². The van der Waals surface area contributed by atoms with Gasteiger partial charge in [-0.05, 0) is 32.2 Å². The zero-order chi connectivity index (χ0) is 6.97. The van der Waals surface area contributed by atoms with Crippen molar-refractivity contribution in [3.63, 3.8) is 0 Å². The van der Waals surface area contributed by atoms with Crippen molar-refractivity contribution < 1.29 is 4.39 Å². The van der Waals surface area contributed by atoms with E-state index in [1.165, 1.54) is 19.3 Å². The van der Waals surface area contributed by atoms with Crippen molar-refractivity contribution in [1.29, 1.82) is 0 Å². The fourth-order valence-electron chi connectivity index (χ4n) is 2.37. The summed E-state index contributed by atoms with van der Waals surface area (Å²) in [5.74, 6) is 0. The van der Waals surface area contributed by atoms with E-state index in [2.05, 4.69) is 4.90 Å². The van der Waals surface area contributed by atoms with Crippen molar-refractivity contribution in [2.75, 3.05) is 13.2 Å². The number of halogens is 1. The molecule has 2 heterocycles. The van der Waals surface area contributed by atoms with Crippen molar-refractivity contribution in [3.8, 4) is 0 Å². The second-order valence-corrected chi connectivity index (χ2v) is 3.42. The van der Waals surface area contributed by atoms with Crippen molar-refractivity contribution >= 4 is 0 Å². The minimum Gasteiger partial charge on any atom is -0.295 e. The van der Waals surface area contributed by atoms with Gasteiger partial charge in [0.1, 0.15) is 6.67 Å². The van der Waals surface area contributed by atoms with E-state index >= 15 is 0 Å². The quantitative estimate of drug-likeness (QED) is 0.538. The number of rotatable bonds is 1. The molecule has 0 radical (unpaired) electrons. The van der Waals surface area contributed by atoms with E-state index in [4.69, 9.17) is 0 Å². The molecule has 10 heavy (non-hydrogen) atoms. The first-order chi connectivity index (χ1) is 4.92. The van der Waals surface area contributed by atoms with Gasteiger partial charge >= 0.3 is 0 Å². The number of hydrogen-bond donors (Lipinski definition) is 0. The summed E-state index contributed by atoms with van der Waals surface area (Å²) < 4.78 is 12.3. The standard InChI is InChI=1S/C8H14FN/c9-6-8-4-3-7-2-1-5-10(7)8/h7-8H,1-6H2. The first-order valence-electron chi connectivity index (χ1n) is 4.23. The molecule has 2 rings (SSSR count). The summed E-state index contributed by atoms with van der Waals surface area (Å²) in [6.07, 6.45) is 4.95. The molecule has 0 aromatic carbocycles. The lowest BCUT2D eigenvalue weighted by Crippen LogP contribution is -2.32. The third kappa shape index (κ3) is 0.858. The fraction of sp³-hybridized carbons (Fsp3) is 1.00. The maximum absolute atomic E-state index is 12.3. The van der Waals surface area contributed by atoms with Gasteiger partial charge in [0.2, 0.25) is 0 Å². The van der Waals surface area contributed by atoms with Crippen LogP contribution in [0.2, 0.25) is 0 Å². The van der Waals surface area contributed by atoms with Crippen molar-refractivity contribution in [2.45, 2.75) is 37.8 Å². The Balaban J connectivity index is 2.01. The second kappa shape index (κ2) is 2.50. The van der Waals surface area contributed by atoms with Gasteiger partial charge in [0, 0.05) is 12.1 Å². The minimum absolute atomic E-state index is 0.128. The zero-order valence-electron chi connectivity index (χ0n) is 6.22. The van der Waals surface area contributed by atoms with Crippen LogP contribution in [0.25, 0.3) is 0 Å². The summed E-state index contributed by atoms with van der Waals surface area (Å²) in [5.41, 5.74) is 0. The highest BCUT2D eigenvalue weighted by molar-refractivity contribution is 4.91. The highest BCUT2D eigenvalue weighted by Crippen LogP contribution is 2.32. The predicted molar refractivity (Wildman–Crippen MR) is 38.7 cm³/mol. The van der Waals surface area contributed by atoms with Crippen molar-refractivity contribution in [3.05, 3.63) is 0 Å². The highest BCUT2D eigenvalue weighted by atomic mass is 19.1. The molecule has 0 bridgehead atoms. The van der Waals surface area contributed by atoms with Crippen molar-refractivity contribution in [1.82, 2.24) is 4.90 Å². The predicted octanol–water partition coefficient (Wildman–Crippen LogP) is 1.58. The van der Waals surface area contributed by atoms with Crippen LogP contribution in [0.4, 0.5) is 4.39 Å². The Morgan fingerprint density at radius 3 is 3.00 bits per heavy atom. The molecule has 2 aliphatic rings. The molecule has 0 aromatic heterocycles. The fourth-order valence-corrected chi connectivity index (χ4v) is 2.37. The van der Waals surface area contributed by atoms with Crippen LogP contribution < -0.4 is 0 Å². The Hall–Kier alpha value is -0.110. The smallest absolute Gasteiger partial charge is 0.105 e. The number of fused-ring (bicyclic) bond motifs is 1. The minimum atomic E-state index is -0.128. The Morgan fingerprint density at radius 1 is 1.30 bits per heavy atom. The monoisotopic (exact) mass is 143 g/mol. The molecule has 0 aromatic rings. The average Bonchev–Trinajstić information content (AvgIpc) is 2.44. The SMILES string of the molecule is FCC1CCC2CCCN12. The van der Waals surface area contributed by atoms with Gasteiger partial charge in [0.05, 0.1) is 0 Å². The average molecular weight is 143 g/mol. The summed E-state index contributed by atoms with van der Waals surface area (Å²) in [4.78, 5) is 2.36. The number of hydrogen-bond acceptors (Lipinski definition) is 1. The molecule has 0 saturated carbocycles. The number of alkyl halides is 1. The molecule has 2 saturated heterocycles. The number of nitrogens with zero attached hydrogens (tertiary/aromatic N) is 1. The van der Waals surface area contributed by atoms with E-state index in [0.29, 0.717) is 0 Å². The van der Waals surface area contributed by atoms with E-state index in [0.717, 1.165) is 19.0 Å². The Labute approximate surface area is 61.2 Å². The first kappa shape index (κ1) is 6.59. The lowest BCUT2D eigenvalue weighted by atomic mass is 10.1. The molecule has 2 atom stereocenters. The van der Waals surface area contributed by atoms with Gasteiger partial charge < -0.3 is 0 Å². The Morgan fingerprint density at radius 2 is 2.20 bits per heavy atom. The molecule has 0 aliphatic carbocycles. The maximum Gasteiger partial charge on any atom is 0.105 e. The van der Waals surface area contributed by atoms with E-state index in [1.54, 1.807) is 0 Å². The molecule has 0 N–H and O–H groups in total. The van der Waals surface area contributed by atoms with Crippen LogP contribution >= 0.6 is 0 Å². The molecule has 2 aliphatic heterocycles. The van der Waals surface area contributed by atoms with Crippen LogP contribution in [0.15, 0.2) is 0 Å². The molecule has 1 nitrogen and oxygen atoms in total. The lowest BCUT2D eigenvalue weighted by molar-refractivity contribution is 0.209. The van der Waals surface area contributed by atoms with Gasteiger partial charge in [-0.1, -0.05) is 0 Å². The summed E-state index contributed by atoms with van der Waals surface area (Å²) in [6.45, 7) is 1.02. The Bertz CT molecular complexity index is 126. The van der Waals surface area contributed by atoms with Crippen LogP contribution in [0.5, 0.6) is 0 Å². The van der Waals surface area contributed by atoms with Crippen LogP contribution in [-0.4, -0.2) is 30.2 Å². The van der Waals surface area contributed by atoms with E-state index in [9.17, 15) is 4.39 Å². The molecule has 2 heteroatoms. The van der Waals surface area contributed by atoms with E-state index < -0.39 is 0 Å². The van der Waals surface area contributed by atoms with Gasteiger partial charge in [0.25, 0.3) is 0 Å². The molecule has 58 valence electrons. The highest BCUT2D eigenvalue weighted by Gasteiger charge is 2.35. The molecule has 2 fully saturated rings. The zero-order valence-corrected chi connectivity index (χ0v) is 6.22. The summed E-state index contributed by atoms with van der Waals surface area (Å²) in [6, 6.07) is 1.04. The van der Waals surface area contributed by atoms with Gasteiger partial charge in [-0.15, -0.1) is 0 Å². The topological polar surface area (TPSA) is 3.24 Å². The van der Waals surface area contributed by atoms with Gasteiger partial charge in [0.15, 0.2) is 0 Å². The van der Waals surface area contributed by atoms with E-state index in [-0.39, 0.29) is 12.7 Å². The molecule has 2 unspecified atom stereocenters. The summed E-state index contributed by atoms with van der Waals surface area (Å²) in [5, 5.41) is 0. The molecular weight excluding hydrogens is 129 g/mol. The van der Waals surface area contributed by atoms with Crippen molar-refractivity contribution in [2.24, 2.45) is 0 Å².